The normalized spacial score (nSPS) is 22.2. The second-order valence-electron chi connectivity index (χ2n) is 6.14. The molecular formula is C13H27NO2Si. The quantitative estimate of drug-likeness (QED) is 0.561. The van der Waals surface area contributed by atoms with Crippen molar-refractivity contribution in [2.24, 2.45) is 0 Å². The number of aliphatic hydroxyl groups excluding tert-OH is 1. The van der Waals surface area contributed by atoms with E-state index in [2.05, 4.69) is 36.8 Å². The van der Waals surface area contributed by atoms with Gasteiger partial charge in [0.2, 0.25) is 0 Å². The lowest BCUT2D eigenvalue weighted by Crippen LogP contribution is -2.39. The van der Waals surface area contributed by atoms with Gasteiger partial charge in [0.1, 0.15) is 0 Å². The Morgan fingerprint density at radius 2 is 2.18 bits per heavy atom. The first kappa shape index (κ1) is 14.7. The Hall–Kier alpha value is -0.323. The molecule has 1 aliphatic rings. The average molecular weight is 257 g/mol. The van der Waals surface area contributed by atoms with Crippen LogP contribution in [0.15, 0.2) is 12.3 Å². The van der Waals surface area contributed by atoms with Gasteiger partial charge in [-0.1, -0.05) is 25.7 Å². The minimum atomic E-state index is -0.974. The summed E-state index contributed by atoms with van der Waals surface area (Å²) in [5, 5.41) is 9.18. The van der Waals surface area contributed by atoms with Gasteiger partial charge in [-0.2, -0.15) is 0 Å². The van der Waals surface area contributed by atoms with Crippen molar-refractivity contribution in [3.63, 3.8) is 0 Å². The fourth-order valence-electron chi connectivity index (χ4n) is 1.94. The van der Waals surface area contributed by atoms with E-state index in [0.717, 1.165) is 19.6 Å². The maximum Gasteiger partial charge on any atom is 0.0672 e. The van der Waals surface area contributed by atoms with Crippen molar-refractivity contribution in [3.8, 4) is 0 Å². The minimum absolute atomic E-state index is 0.194. The van der Waals surface area contributed by atoms with Gasteiger partial charge in [-0.25, -0.2) is 0 Å². The van der Waals surface area contributed by atoms with Crippen LogP contribution in [0.25, 0.3) is 0 Å². The van der Waals surface area contributed by atoms with Crippen molar-refractivity contribution in [2.75, 3.05) is 19.8 Å². The van der Waals surface area contributed by atoms with Gasteiger partial charge in [-0.3, -0.25) is 0 Å². The predicted octanol–water partition coefficient (Wildman–Crippen LogP) is 2.31. The Balaban J connectivity index is 2.23. The number of hydrogen-bond acceptors (Lipinski definition) is 3. The summed E-state index contributed by atoms with van der Waals surface area (Å²) in [5.41, 5.74) is 0. The molecule has 100 valence electrons. The largest absolute Gasteiger partial charge is 0.394 e. The van der Waals surface area contributed by atoms with Crippen molar-refractivity contribution in [3.05, 3.63) is 12.3 Å². The molecule has 17 heavy (non-hydrogen) atoms. The zero-order valence-electron chi connectivity index (χ0n) is 11.6. The second-order valence-corrected chi connectivity index (χ2v) is 11.8. The van der Waals surface area contributed by atoms with Gasteiger partial charge in [0.15, 0.2) is 0 Å². The molecule has 0 amide bonds. The minimum Gasteiger partial charge on any atom is -0.394 e. The van der Waals surface area contributed by atoms with Crippen molar-refractivity contribution < 1.29 is 9.84 Å². The lowest BCUT2D eigenvalue weighted by Gasteiger charge is -2.30. The van der Waals surface area contributed by atoms with E-state index in [1.54, 1.807) is 0 Å². The van der Waals surface area contributed by atoms with Crippen LogP contribution in [-0.2, 0) is 4.74 Å². The van der Waals surface area contributed by atoms with Crippen LogP contribution >= 0.6 is 0 Å². The Labute approximate surface area is 106 Å². The van der Waals surface area contributed by atoms with Crippen LogP contribution < -0.4 is 0 Å². The van der Waals surface area contributed by atoms with E-state index >= 15 is 0 Å². The smallest absolute Gasteiger partial charge is 0.0672 e. The molecule has 0 aromatic rings. The SMILES string of the molecule is CC(CO)N1C=CC[C@@H]1COCC[Si](C)(C)C. The third kappa shape index (κ3) is 5.23. The standard InChI is InChI=1S/C13H27NO2Si/c1-12(10-15)14-7-5-6-13(14)11-16-8-9-17(2,3)4/h5,7,12-13,15H,6,8-11H2,1-4H3/t12?,13-/m1/s1. The summed E-state index contributed by atoms with van der Waals surface area (Å²) in [5.74, 6) is 0. The van der Waals surface area contributed by atoms with Crippen LogP contribution in [0.5, 0.6) is 0 Å². The van der Waals surface area contributed by atoms with E-state index in [4.69, 9.17) is 4.74 Å². The van der Waals surface area contributed by atoms with Crippen LogP contribution in [0, 0.1) is 0 Å². The average Bonchev–Trinajstić information content (AvgIpc) is 2.70. The van der Waals surface area contributed by atoms with E-state index in [9.17, 15) is 5.11 Å². The summed E-state index contributed by atoms with van der Waals surface area (Å²) < 4.78 is 5.79. The molecule has 0 saturated carbocycles. The van der Waals surface area contributed by atoms with Crippen LogP contribution in [0.4, 0.5) is 0 Å². The molecule has 4 heteroatoms. The molecule has 0 aromatic heterocycles. The van der Waals surface area contributed by atoms with Gasteiger partial charge < -0.3 is 14.7 Å². The first-order valence-corrected chi connectivity index (χ1v) is 10.3. The molecule has 0 fully saturated rings. The molecule has 1 aliphatic heterocycles. The van der Waals surface area contributed by atoms with Gasteiger partial charge in [-0.15, -0.1) is 0 Å². The predicted molar refractivity (Wildman–Crippen MR) is 74.9 cm³/mol. The van der Waals surface area contributed by atoms with Crippen LogP contribution in [-0.4, -0.2) is 50.0 Å². The third-order valence-corrected chi connectivity index (χ3v) is 4.89. The number of aliphatic hydroxyl groups is 1. The van der Waals surface area contributed by atoms with Crippen molar-refractivity contribution in [2.45, 2.75) is 51.1 Å². The molecule has 3 nitrogen and oxygen atoms in total. The van der Waals surface area contributed by atoms with Gasteiger partial charge >= 0.3 is 0 Å². The molecule has 1 heterocycles. The lowest BCUT2D eigenvalue weighted by atomic mass is 10.2. The number of nitrogens with zero attached hydrogens (tertiary/aromatic N) is 1. The molecule has 0 spiro atoms. The van der Waals surface area contributed by atoms with Crippen LogP contribution in [0.1, 0.15) is 13.3 Å². The first-order valence-electron chi connectivity index (χ1n) is 6.57. The van der Waals surface area contributed by atoms with Gasteiger partial charge in [0.05, 0.1) is 19.3 Å². The highest BCUT2D eigenvalue weighted by Crippen LogP contribution is 2.18. The van der Waals surface area contributed by atoms with E-state index in [1.165, 1.54) is 6.04 Å². The molecule has 0 radical (unpaired) electrons. The highest BCUT2D eigenvalue weighted by molar-refractivity contribution is 6.76. The van der Waals surface area contributed by atoms with Crippen molar-refractivity contribution in [1.29, 1.82) is 0 Å². The maximum absolute atomic E-state index is 9.18. The van der Waals surface area contributed by atoms with Crippen molar-refractivity contribution >= 4 is 8.07 Å². The molecule has 0 aliphatic carbocycles. The molecule has 1 unspecified atom stereocenters. The molecule has 0 bridgehead atoms. The zero-order chi connectivity index (χ0) is 12.9. The van der Waals surface area contributed by atoms with E-state index < -0.39 is 8.07 Å². The lowest BCUT2D eigenvalue weighted by molar-refractivity contribution is 0.0662. The Kier molecular flexibility index (Phi) is 5.69. The summed E-state index contributed by atoms with van der Waals surface area (Å²) in [6.07, 6.45) is 5.30. The van der Waals surface area contributed by atoms with E-state index in [-0.39, 0.29) is 12.6 Å². The summed E-state index contributed by atoms with van der Waals surface area (Å²) in [4.78, 5) is 2.22. The summed E-state index contributed by atoms with van der Waals surface area (Å²) >= 11 is 0. The second kappa shape index (κ2) is 6.57. The first-order chi connectivity index (χ1) is 7.94. The zero-order valence-corrected chi connectivity index (χ0v) is 12.6. The topological polar surface area (TPSA) is 32.7 Å². The number of rotatable bonds is 7. The van der Waals surface area contributed by atoms with Crippen LogP contribution in [0.2, 0.25) is 25.7 Å². The Morgan fingerprint density at radius 3 is 2.76 bits per heavy atom. The summed E-state index contributed by atoms with van der Waals surface area (Å²) in [6.45, 7) is 11.0. The highest BCUT2D eigenvalue weighted by atomic mass is 28.3. The van der Waals surface area contributed by atoms with Gasteiger partial charge in [0.25, 0.3) is 0 Å². The fraction of sp³-hybridized carbons (Fsp3) is 0.846. The molecule has 2 atom stereocenters. The molecular weight excluding hydrogens is 230 g/mol. The van der Waals surface area contributed by atoms with E-state index in [1.807, 2.05) is 6.92 Å². The highest BCUT2D eigenvalue weighted by Gasteiger charge is 2.23. The molecule has 1 N–H and O–H groups in total. The number of ether oxygens (including phenoxy) is 1. The summed E-state index contributed by atoms with van der Waals surface area (Å²) in [7, 11) is -0.974. The van der Waals surface area contributed by atoms with Crippen molar-refractivity contribution in [1.82, 2.24) is 4.90 Å². The fourth-order valence-corrected chi connectivity index (χ4v) is 2.69. The van der Waals surface area contributed by atoms with Gasteiger partial charge in [0, 0.05) is 20.7 Å². The number of hydrogen-bond donors (Lipinski definition) is 1. The maximum atomic E-state index is 9.18. The Morgan fingerprint density at radius 1 is 1.47 bits per heavy atom. The molecule has 0 saturated heterocycles. The van der Waals surface area contributed by atoms with Gasteiger partial charge in [-0.05, 0) is 25.6 Å². The molecule has 1 rings (SSSR count). The van der Waals surface area contributed by atoms with E-state index in [0.29, 0.717) is 6.04 Å². The molecule has 0 aromatic carbocycles. The van der Waals surface area contributed by atoms with Crippen LogP contribution in [0.3, 0.4) is 0 Å². The Bertz CT molecular complexity index is 250. The third-order valence-electron chi connectivity index (χ3n) is 3.19. The summed E-state index contributed by atoms with van der Waals surface area (Å²) in [6, 6.07) is 1.83. The monoisotopic (exact) mass is 257 g/mol.